The Kier molecular flexibility index (Phi) is 6.06. The molecule has 5 rings (SSSR count). The molecule has 1 aliphatic heterocycles. The molecule has 0 atom stereocenters. The fourth-order valence-corrected chi connectivity index (χ4v) is 4.18. The molecule has 176 valence electrons. The third kappa shape index (κ3) is 4.66. The minimum absolute atomic E-state index is 0.0211. The Morgan fingerprint density at radius 1 is 1.00 bits per heavy atom. The number of halogens is 1. The Balaban J connectivity index is 1.33. The van der Waals surface area contributed by atoms with Crippen LogP contribution in [0, 0.1) is 5.82 Å². The lowest BCUT2D eigenvalue weighted by Gasteiger charge is -2.26. The Morgan fingerprint density at radius 2 is 1.83 bits per heavy atom. The van der Waals surface area contributed by atoms with Crippen molar-refractivity contribution in [2.24, 2.45) is 0 Å². The quantitative estimate of drug-likeness (QED) is 0.415. The van der Waals surface area contributed by atoms with Crippen molar-refractivity contribution >= 4 is 17.5 Å². The van der Waals surface area contributed by atoms with Crippen LogP contribution < -0.4 is 10.1 Å². The molecule has 4 aromatic rings. The SMILES string of the molecule is COc1cccc(C(=O)N2CCc3oc(-c4cccc(NC(=O)c5ccccc5F)c4)cc3C2)c1. The summed E-state index contributed by atoms with van der Waals surface area (Å²) in [5.74, 6) is 0.970. The van der Waals surface area contributed by atoms with Crippen LogP contribution in [0.4, 0.5) is 10.1 Å². The molecule has 0 saturated heterocycles. The minimum atomic E-state index is -0.576. The monoisotopic (exact) mass is 470 g/mol. The number of anilines is 1. The van der Waals surface area contributed by atoms with Crippen molar-refractivity contribution in [1.29, 1.82) is 0 Å². The van der Waals surface area contributed by atoms with E-state index in [9.17, 15) is 14.0 Å². The molecule has 0 radical (unpaired) electrons. The second-order valence-electron chi connectivity index (χ2n) is 8.28. The third-order valence-corrected chi connectivity index (χ3v) is 5.99. The van der Waals surface area contributed by atoms with Gasteiger partial charge in [0.1, 0.15) is 23.1 Å². The largest absolute Gasteiger partial charge is 0.497 e. The van der Waals surface area contributed by atoms with E-state index in [-0.39, 0.29) is 11.5 Å². The first-order valence-electron chi connectivity index (χ1n) is 11.2. The first kappa shape index (κ1) is 22.4. The van der Waals surface area contributed by atoms with Crippen molar-refractivity contribution in [2.75, 3.05) is 19.0 Å². The number of amides is 2. The number of carbonyl (C=O) groups is 2. The van der Waals surface area contributed by atoms with E-state index in [1.165, 1.54) is 18.2 Å². The molecule has 6 nitrogen and oxygen atoms in total. The molecule has 0 saturated carbocycles. The molecular weight excluding hydrogens is 447 g/mol. The molecule has 2 heterocycles. The zero-order chi connectivity index (χ0) is 24.4. The average molecular weight is 471 g/mol. The molecule has 0 fully saturated rings. The number of hydrogen-bond acceptors (Lipinski definition) is 4. The summed E-state index contributed by atoms with van der Waals surface area (Å²) in [6, 6.07) is 22.1. The summed E-state index contributed by atoms with van der Waals surface area (Å²) < 4.78 is 25.3. The lowest BCUT2D eigenvalue weighted by Crippen LogP contribution is -2.35. The number of carbonyl (C=O) groups excluding carboxylic acids is 2. The molecule has 2 amide bonds. The molecule has 1 N–H and O–H groups in total. The smallest absolute Gasteiger partial charge is 0.258 e. The molecule has 1 aliphatic rings. The lowest BCUT2D eigenvalue weighted by molar-refractivity contribution is 0.0729. The summed E-state index contributed by atoms with van der Waals surface area (Å²) in [5, 5.41) is 2.74. The summed E-state index contributed by atoms with van der Waals surface area (Å²) >= 11 is 0. The van der Waals surface area contributed by atoms with E-state index in [2.05, 4.69) is 5.32 Å². The van der Waals surface area contributed by atoms with Crippen LogP contribution in [0.3, 0.4) is 0 Å². The van der Waals surface area contributed by atoms with E-state index >= 15 is 0 Å². The summed E-state index contributed by atoms with van der Waals surface area (Å²) in [4.78, 5) is 27.3. The highest BCUT2D eigenvalue weighted by atomic mass is 19.1. The van der Waals surface area contributed by atoms with Crippen LogP contribution in [0.15, 0.2) is 83.3 Å². The number of benzene rings is 3. The summed E-state index contributed by atoms with van der Waals surface area (Å²) in [6.07, 6.45) is 0.606. The number of rotatable bonds is 5. The van der Waals surface area contributed by atoms with Gasteiger partial charge in [-0.1, -0.05) is 30.3 Å². The molecule has 0 unspecified atom stereocenters. The van der Waals surface area contributed by atoms with Crippen LogP contribution >= 0.6 is 0 Å². The van der Waals surface area contributed by atoms with Gasteiger partial charge in [0.2, 0.25) is 0 Å². The van der Waals surface area contributed by atoms with Crippen LogP contribution in [0.25, 0.3) is 11.3 Å². The van der Waals surface area contributed by atoms with Crippen LogP contribution in [0.2, 0.25) is 0 Å². The normalized spacial score (nSPS) is 12.7. The zero-order valence-corrected chi connectivity index (χ0v) is 19.1. The van der Waals surface area contributed by atoms with Crippen molar-refractivity contribution in [3.63, 3.8) is 0 Å². The first-order valence-corrected chi connectivity index (χ1v) is 11.2. The number of fused-ring (bicyclic) bond motifs is 1. The highest BCUT2D eigenvalue weighted by molar-refractivity contribution is 6.04. The number of nitrogens with one attached hydrogen (secondary N) is 1. The van der Waals surface area contributed by atoms with Crippen LogP contribution in [-0.4, -0.2) is 30.4 Å². The van der Waals surface area contributed by atoms with E-state index < -0.39 is 11.7 Å². The van der Waals surface area contributed by atoms with E-state index in [4.69, 9.17) is 9.15 Å². The van der Waals surface area contributed by atoms with Gasteiger partial charge in [0.15, 0.2) is 0 Å². The second kappa shape index (κ2) is 9.46. The Morgan fingerprint density at radius 3 is 2.66 bits per heavy atom. The van der Waals surface area contributed by atoms with Gasteiger partial charge in [-0.25, -0.2) is 4.39 Å². The average Bonchev–Trinajstić information content (AvgIpc) is 3.32. The zero-order valence-electron chi connectivity index (χ0n) is 19.1. The fourth-order valence-electron chi connectivity index (χ4n) is 4.18. The molecule has 3 aromatic carbocycles. The van der Waals surface area contributed by atoms with Gasteiger partial charge in [-0.15, -0.1) is 0 Å². The van der Waals surface area contributed by atoms with Gasteiger partial charge in [0.05, 0.1) is 12.7 Å². The molecule has 0 bridgehead atoms. The lowest BCUT2D eigenvalue weighted by atomic mass is 10.1. The van der Waals surface area contributed by atoms with Gasteiger partial charge in [-0.3, -0.25) is 9.59 Å². The van der Waals surface area contributed by atoms with Crippen LogP contribution in [-0.2, 0) is 13.0 Å². The first-order chi connectivity index (χ1) is 17.0. The molecule has 1 aromatic heterocycles. The maximum Gasteiger partial charge on any atom is 0.258 e. The maximum atomic E-state index is 13.9. The third-order valence-electron chi connectivity index (χ3n) is 5.99. The van der Waals surface area contributed by atoms with E-state index in [1.807, 2.05) is 12.1 Å². The summed E-state index contributed by atoms with van der Waals surface area (Å²) in [7, 11) is 1.57. The summed E-state index contributed by atoms with van der Waals surface area (Å²) in [6.45, 7) is 0.993. The van der Waals surface area contributed by atoms with Gasteiger partial charge in [-0.05, 0) is 48.5 Å². The standard InChI is InChI=1S/C28H23FN2O4/c1-34-22-9-5-7-19(15-22)28(33)31-13-12-25-20(17-31)16-26(35-25)18-6-4-8-21(14-18)30-27(32)23-10-2-3-11-24(23)29/h2-11,14-16H,12-13,17H2,1H3,(H,30,32). The highest BCUT2D eigenvalue weighted by Crippen LogP contribution is 2.31. The van der Waals surface area contributed by atoms with E-state index in [0.29, 0.717) is 42.3 Å². The Labute approximate surface area is 201 Å². The predicted octanol–water partition coefficient (Wildman–Crippen LogP) is 5.55. The Bertz CT molecular complexity index is 1410. The molecular formula is C28H23FN2O4. The number of furan rings is 1. The van der Waals surface area contributed by atoms with Crippen LogP contribution in [0.5, 0.6) is 5.75 Å². The number of methoxy groups -OCH3 is 1. The second-order valence-corrected chi connectivity index (χ2v) is 8.28. The van der Waals surface area contributed by atoms with E-state index in [1.54, 1.807) is 60.5 Å². The van der Waals surface area contributed by atoms with Crippen molar-refractivity contribution in [2.45, 2.75) is 13.0 Å². The number of ether oxygens (including phenoxy) is 1. The van der Waals surface area contributed by atoms with Crippen molar-refractivity contribution < 1.29 is 23.1 Å². The summed E-state index contributed by atoms with van der Waals surface area (Å²) in [5.41, 5.74) is 2.81. The van der Waals surface area contributed by atoms with E-state index in [0.717, 1.165) is 16.9 Å². The van der Waals surface area contributed by atoms with Gasteiger partial charge in [0, 0.05) is 41.9 Å². The van der Waals surface area contributed by atoms with Gasteiger partial charge in [0.25, 0.3) is 11.8 Å². The van der Waals surface area contributed by atoms with Crippen molar-refractivity contribution in [3.05, 3.63) is 107 Å². The molecule has 0 spiro atoms. The topological polar surface area (TPSA) is 71.8 Å². The van der Waals surface area contributed by atoms with Crippen molar-refractivity contribution in [3.8, 4) is 17.1 Å². The maximum absolute atomic E-state index is 13.9. The minimum Gasteiger partial charge on any atom is -0.497 e. The molecule has 35 heavy (non-hydrogen) atoms. The molecule has 7 heteroatoms. The highest BCUT2D eigenvalue weighted by Gasteiger charge is 2.25. The van der Waals surface area contributed by atoms with Gasteiger partial charge < -0.3 is 19.4 Å². The fraction of sp³-hybridized carbons (Fsp3) is 0.143. The van der Waals surface area contributed by atoms with Gasteiger partial charge >= 0.3 is 0 Å². The number of nitrogens with zero attached hydrogens (tertiary/aromatic N) is 1. The molecule has 0 aliphatic carbocycles. The number of hydrogen-bond donors (Lipinski definition) is 1. The predicted molar refractivity (Wildman–Crippen MR) is 130 cm³/mol. The Hall–Kier alpha value is -4.39. The van der Waals surface area contributed by atoms with Gasteiger partial charge in [-0.2, -0.15) is 0 Å². The van der Waals surface area contributed by atoms with Crippen LogP contribution in [0.1, 0.15) is 32.0 Å². The van der Waals surface area contributed by atoms with Crippen molar-refractivity contribution in [1.82, 2.24) is 4.90 Å².